The Morgan fingerprint density at radius 1 is 0.588 bits per heavy atom. The summed E-state index contributed by atoms with van der Waals surface area (Å²) >= 11 is 0. The van der Waals surface area contributed by atoms with Gasteiger partial charge in [0.1, 0.15) is 17.3 Å². The van der Waals surface area contributed by atoms with E-state index < -0.39 is 119 Å². The molecule has 0 saturated heterocycles. The van der Waals surface area contributed by atoms with Crippen LogP contribution in [0.2, 0.25) is 0 Å². The molecule has 5 nitrogen and oxygen atoms in total. The van der Waals surface area contributed by atoms with Crippen LogP contribution in [-0.4, -0.2) is 14.1 Å². The van der Waals surface area contributed by atoms with Gasteiger partial charge in [-0.3, -0.25) is 13.7 Å². The summed E-state index contributed by atoms with van der Waals surface area (Å²) < 4.78 is 156. The molecule has 8 aromatic carbocycles. The van der Waals surface area contributed by atoms with Crippen LogP contribution in [0.25, 0.3) is 83.4 Å². The normalized spacial score (nSPS) is 15.6. The van der Waals surface area contributed by atoms with Crippen molar-refractivity contribution in [2.75, 3.05) is 0 Å². The Morgan fingerprint density at radius 2 is 1.25 bits per heavy atom. The maximum absolute atomic E-state index is 10.1. The Kier molecular flexibility index (Phi) is 6.93. The Balaban J connectivity index is 1.16. The number of benzene rings is 8. The van der Waals surface area contributed by atoms with Crippen LogP contribution in [0.4, 0.5) is 0 Å². The molecule has 332 valence electrons. The van der Waals surface area contributed by atoms with Crippen molar-refractivity contribution in [3.63, 3.8) is 0 Å². The fourth-order valence-corrected chi connectivity index (χ4v) is 8.75. The first-order chi connectivity index (χ1) is 39.5. The summed E-state index contributed by atoms with van der Waals surface area (Å²) in [6.07, 6.45) is 5.33. The number of rotatable bonds is 8. The van der Waals surface area contributed by atoms with Crippen LogP contribution in [0.5, 0.6) is 11.5 Å². The lowest BCUT2D eigenvalue weighted by Gasteiger charge is -2.27. The molecule has 0 aliphatic rings. The fraction of sp³-hybridized carbons (Fsp3) is 0.143. The highest BCUT2D eigenvalue weighted by atomic mass is 16.5. The van der Waals surface area contributed by atoms with Gasteiger partial charge in [0.15, 0.2) is 0 Å². The third-order valence-electron chi connectivity index (χ3n) is 12.0. The second-order valence-electron chi connectivity index (χ2n) is 18.7. The van der Waals surface area contributed by atoms with Gasteiger partial charge in [-0.1, -0.05) is 168 Å². The van der Waals surface area contributed by atoms with E-state index in [1.807, 2.05) is 106 Å². The number of imidazole rings is 1. The lowest BCUT2D eigenvalue weighted by molar-refractivity contribution is -0.572. The van der Waals surface area contributed by atoms with Crippen LogP contribution >= 0.6 is 0 Å². The number of nitrogens with zero attached hydrogens (tertiary/aromatic N) is 4. The second-order valence-corrected chi connectivity index (χ2v) is 18.7. The Morgan fingerprint density at radius 3 is 1.96 bits per heavy atom. The van der Waals surface area contributed by atoms with Gasteiger partial charge in [-0.25, -0.2) is 4.98 Å². The third-order valence-corrected chi connectivity index (χ3v) is 12.0. The SMILES string of the molecule is [2H]c1c([2H])c([2H])c(-c2c([2H])c(-c3cc(C([2H])([2H])[2H])cc(C(C)(C)C)c3-[n+]3[c-]n(-c4cccc(Oc5ccc6c7ccccc7n(-c7cc(C(C)(C)C)ccn7)c6c5)c4)c4ccccc43)c([2H])c(-c3c([2H])c([2H])c([2H])c([2H])c3[2H])c2[2H])c([2H])c1[2H]. The van der Waals surface area contributed by atoms with Crippen molar-refractivity contribution in [2.45, 2.75) is 59.2 Å². The van der Waals surface area contributed by atoms with Gasteiger partial charge in [-0.15, -0.1) is 0 Å². The van der Waals surface area contributed by atoms with E-state index in [0.29, 0.717) is 33.8 Å². The van der Waals surface area contributed by atoms with E-state index in [4.69, 9.17) is 27.5 Å². The Labute approximate surface area is 421 Å². The zero-order valence-electron chi connectivity index (χ0n) is 54.2. The van der Waals surface area contributed by atoms with E-state index >= 15 is 0 Å². The van der Waals surface area contributed by atoms with Crippen molar-refractivity contribution in [1.29, 1.82) is 0 Å². The van der Waals surface area contributed by atoms with Crippen LogP contribution in [0.1, 0.15) is 80.2 Å². The van der Waals surface area contributed by atoms with E-state index in [0.717, 1.165) is 33.2 Å². The average molecular weight is 899 g/mol. The van der Waals surface area contributed by atoms with Gasteiger partial charge in [0, 0.05) is 27.1 Å². The standard InChI is InChI=1S/C63H54N4O/c1-42-33-54(47-36-45(43-19-10-8-11-20-43)35-46(37-47)44-21-12-9-13-22-44)61(55(34-42)63(5,6)7)66-41-65(57-27-16-17-28-58(57)66)49-23-18-24-50(39-49)68-51-29-30-53-52-25-14-15-26-56(52)67(59(53)40-51)60-38-48(31-32-64-60)62(2,3)4/h8-40H,1-7H3/i1D3,8D,9D,10D,11D,12D,13D,19D,20D,21D,22D,35D,36D,37D. The maximum atomic E-state index is 10.1. The quantitative estimate of drug-likeness (QED) is 0.113. The lowest BCUT2D eigenvalue weighted by Crippen LogP contribution is -2.35. The van der Waals surface area contributed by atoms with E-state index in [-0.39, 0.29) is 22.2 Å². The smallest absolute Gasteiger partial charge is 0.269 e. The minimum absolute atomic E-state index is 0.111. The third kappa shape index (κ3) is 7.84. The molecule has 0 radical (unpaired) electrons. The minimum Gasteiger partial charge on any atom is -0.458 e. The predicted octanol–water partition coefficient (Wildman–Crippen LogP) is 15.9. The maximum Gasteiger partial charge on any atom is 0.269 e. The topological polar surface area (TPSA) is 35.9 Å². The molecular formula is C63H54N4O. The zero-order valence-corrected chi connectivity index (χ0v) is 38.2. The first-order valence-corrected chi connectivity index (χ1v) is 22.2. The number of hydrogen-bond acceptors (Lipinski definition) is 2. The van der Waals surface area contributed by atoms with Gasteiger partial charge in [0.25, 0.3) is 6.33 Å². The summed E-state index contributed by atoms with van der Waals surface area (Å²) in [5.74, 6) is 1.77. The van der Waals surface area contributed by atoms with Gasteiger partial charge in [0.05, 0.1) is 51.3 Å². The van der Waals surface area contributed by atoms with Crippen molar-refractivity contribution in [3.8, 4) is 62.1 Å². The molecule has 11 aromatic rings. The number of aromatic nitrogens is 4. The van der Waals surface area contributed by atoms with Crippen LogP contribution < -0.4 is 9.30 Å². The van der Waals surface area contributed by atoms with Crippen LogP contribution in [-0.2, 0) is 10.8 Å². The molecule has 68 heavy (non-hydrogen) atoms. The number of hydrogen-bond donors (Lipinski definition) is 0. The van der Waals surface area contributed by atoms with Gasteiger partial charge >= 0.3 is 0 Å². The largest absolute Gasteiger partial charge is 0.458 e. The molecule has 3 aromatic heterocycles. The van der Waals surface area contributed by atoms with Gasteiger partial charge < -0.3 is 4.74 Å². The molecule has 0 saturated carbocycles. The number of aryl methyl sites for hydroxylation is 1. The van der Waals surface area contributed by atoms with Crippen LogP contribution in [0, 0.1) is 13.2 Å². The summed E-state index contributed by atoms with van der Waals surface area (Å²) in [5, 5.41) is 2.06. The molecule has 0 atom stereocenters. The molecule has 11 rings (SSSR count). The number of ether oxygens (including phenoxy) is 1. The van der Waals surface area contributed by atoms with Gasteiger partial charge in [0.2, 0.25) is 0 Å². The Hall–Kier alpha value is -8.02. The number of fused-ring (bicyclic) bond motifs is 4. The molecule has 0 N–H and O–H groups in total. The molecule has 0 aliphatic carbocycles. The number of pyridine rings is 1. The van der Waals surface area contributed by atoms with E-state index in [1.165, 1.54) is 12.1 Å². The van der Waals surface area contributed by atoms with E-state index in [2.05, 4.69) is 49.9 Å². The van der Waals surface area contributed by atoms with Crippen molar-refractivity contribution in [3.05, 3.63) is 223 Å². The highest BCUT2D eigenvalue weighted by molar-refractivity contribution is 6.09. The lowest BCUT2D eigenvalue weighted by atomic mass is 9.81. The highest BCUT2D eigenvalue weighted by Gasteiger charge is 2.26. The minimum atomic E-state index is -2.82. The zero-order chi connectivity index (χ0) is 60.5. The molecule has 0 unspecified atom stereocenters. The summed E-state index contributed by atoms with van der Waals surface area (Å²) in [4.78, 5) is 4.83. The predicted molar refractivity (Wildman–Crippen MR) is 281 cm³/mol. The molecule has 3 heterocycles. The monoisotopic (exact) mass is 899 g/mol. The summed E-state index contributed by atoms with van der Waals surface area (Å²) in [6.45, 7) is 9.21. The Bertz CT molecular complexity index is 4430. The molecule has 0 amide bonds. The van der Waals surface area contributed by atoms with E-state index in [1.54, 1.807) is 15.2 Å². The highest BCUT2D eigenvalue weighted by Crippen LogP contribution is 2.41. The molecular weight excluding hydrogens is 829 g/mol. The van der Waals surface area contributed by atoms with Crippen LogP contribution in [0.15, 0.2) is 200 Å². The van der Waals surface area contributed by atoms with Gasteiger partial charge in [-0.05, 0) is 129 Å². The van der Waals surface area contributed by atoms with Gasteiger partial charge in [-0.2, -0.15) is 0 Å². The molecule has 0 spiro atoms. The molecule has 0 fully saturated rings. The first kappa shape index (κ1) is 28.2. The molecule has 5 heteroatoms. The van der Waals surface area contributed by atoms with Crippen molar-refractivity contribution in [1.82, 2.24) is 14.1 Å². The van der Waals surface area contributed by atoms with Crippen molar-refractivity contribution in [2.24, 2.45) is 0 Å². The first-order valence-electron chi connectivity index (χ1n) is 30.2. The second kappa shape index (κ2) is 16.7. The molecule has 0 aliphatic heterocycles. The number of para-hydroxylation sites is 3. The summed E-state index contributed by atoms with van der Waals surface area (Å²) in [5.41, 5.74) is 0.916. The average Bonchev–Trinajstić information content (AvgIpc) is 1.13. The molecule has 0 bridgehead atoms. The van der Waals surface area contributed by atoms with Crippen LogP contribution in [0.3, 0.4) is 0 Å². The van der Waals surface area contributed by atoms with Crippen molar-refractivity contribution >= 4 is 32.8 Å². The summed E-state index contributed by atoms with van der Waals surface area (Å²) in [6, 6.07) is 25.3. The van der Waals surface area contributed by atoms with E-state index in [9.17, 15) is 4.11 Å². The summed E-state index contributed by atoms with van der Waals surface area (Å²) in [7, 11) is 0. The fourth-order valence-electron chi connectivity index (χ4n) is 8.75. The van der Waals surface area contributed by atoms with Crippen molar-refractivity contribution < 1.29 is 31.2 Å².